The van der Waals surface area contributed by atoms with E-state index >= 15 is 0 Å². The molecule has 0 rings (SSSR count). The maximum atomic E-state index is 11.2. The molecule has 0 aromatic carbocycles. The Morgan fingerprint density at radius 2 is 1.27 bits per heavy atom. The largest absolute Gasteiger partial charge is 0.499 e. The standard InChI is InChI=1S/C16H29NO9/c1-2-21-5-6-23-9-10-25-12-11-24-8-7-22-4-3-17-15(18)13-26-14-16(19)20/h2H,1,3-14H2,(H,17,18)(H,19,20). The van der Waals surface area contributed by atoms with Gasteiger partial charge in [0.1, 0.15) is 19.8 Å². The van der Waals surface area contributed by atoms with Crippen LogP contribution in [0.5, 0.6) is 0 Å². The van der Waals surface area contributed by atoms with Crippen molar-refractivity contribution in [1.82, 2.24) is 5.32 Å². The van der Waals surface area contributed by atoms with E-state index in [1.165, 1.54) is 6.26 Å². The van der Waals surface area contributed by atoms with Crippen molar-refractivity contribution < 1.29 is 43.1 Å². The van der Waals surface area contributed by atoms with Crippen molar-refractivity contribution in [3.63, 3.8) is 0 Å². The molecule has 2 N–H and O–H groups in total. The Kier molecular flexibility index (Phi) is 18.3. The molecule has 0 aliphatic rings. The summed E-state index contributed by atoms with van der Waals surface area (Å²) in [5.74, 6) is -1.50. The van der Waals surface area contributed by atoms with Crippen LogP contribution in [0.25, 0.3) is 0 Å². The van der Waals surface area contributed by atoms with Crippen LogP contribution < -0.4 is 5.32 Å². The summed E-state index contributed by atoms with van der Waals surface area (Å²) < 4.78 is 30.7. The molecule has 0 spiro atoms. The maximum Gasteiger partial charge on any atom is 0.329 e. The number of hydrogen-bond donors (Lipinski definition) is 2. The molecule has 0 aromatic heterocycles. The molecule has 0 fully saturated rings. The van der Waals surface area contributed by atoms with Crippen molar-refractivity contribution in [2.24, 2.45) is 0 Å². The van der Waals surface area contributed by atoms with Crippen molar-refractivity contribution in [1.29, 1.82) is 0 Å². The summed E-state index contributed by atoms with van der Waals surface area (Å²) in [5, 5.41) is 10.9. The summed E-state index contributed by atoms with van der Waals surface area (Å²) in [4.78, 5) is 21.4. The minimum absolute atomic E-state index is 0.289. The second-order valence-electron chi connectivity index (χ2n) is 4.72. The molecule has 10 nitrogen and oxygen atoms in total. The molecular weight excluding hydrogens is 350 g/mol. The van der Waals surface area contributed by atoms with E-state index < -0.39 is 12.6 Å². The average molecular weight is 379 g/mol. The molecule has 0 unspecified atom stereocenters. The van der Waals surface area contributed by atoms with Crippen LogP contribution in [0, 0.1) is 0 Å². The Hall–Kier alpha value is -1.72. The van der Waals surface area contributed by atoms with Crippen LogP contribution in [0.4, 0.5) is 0 Å². The number of hydrogen-bond acceptors (Lipinski definition) is 8. The Bertz CT molecular complexity index is 366. The second kappa shape index (κ2) is 19.6. The fraction of sp³-hybridized carbons (Fsp3) is 0.750. The Labute approximate surface area is 153 Å². The van der Waals surface area contributed by atoms with E-state index in [1.807, 2.05) is 0 Å². The molecule has 0 aliphatic carbocycles. The molecule has 0 heterocycles. The van der Waals surface area contributed by atoms with E-state index in [9.17, 15) is 9.59 Å². The zero-order valence-corrected chi connectivity index (χ0v) is 15.0. The monoisotopic (exact) mass is 379 g/mol. The van der Waals surface area contributed by atoms with Gasteiger partial charge in [0.25, 0.3) is 0 Å². The van der Waals surface area contributed by atoms with E-state index in [2.05, 4.69) is 16.6 Å². The number of carboxylic acid groups (broad SMARTS) is 1. The Balaban J connectivity index is 3.12. The van der Waals surface area contributed by atoms with Gasteiger partial charge in [0.15, 0.2) is 0 Å². The quantitative estimate of drug-likeness (QED) is 0.211. The van der Waals surface area contributed by atoms with Crippen LogP contribution in [-0.2, 0) is 38.0 Å². The average Bonchev–Trinajstić information content (AvgIpc) is 2.61. The lowest BCUT2D eigenvalue weighted by atomic mass is 10.6. The van der Waals surface area contributed by atoms with Gasteiger partial charge in [-0.15, -0.1) is 0 Å². The highest BCUT2D eigenvalue weighted by molar-refractivity contribution is 5.77. The first-order valence-corrected chi connectivity index (χ1v) is 8.26. The third kappa shape index (κ3) is 20.3. The minimum atomic E-state index is -1.12. The summed E-state index contributed by atoms with van der Waals surface area (Å²) >= 11 is 0. The Morgan fingerprint density at radius 3 is 1.77 bits per heavy atom. The molecule has 152 valence electrons. The summed E-state index contributed by atoms with van der Waals surface area (Å²) in [6.45, 7) is 7.01. The van der Waals surface area contributed by atoms with Gasteiger partial charge in [0.05, 0.1) is 59.1 Å². The number of carboxylic acids is 1. The van der Waals surface area contributed by atoms with Gasteiger partial charge in [-0.2, -0.15) is 0 Å². The van der Waals surface area contributed by atoms with Crippen LogP contribution in [-0.4, -0.2) is 96.2 Å². The highest BCUT2D eigenvalue weighted by Gasteiger charge is 2.02. The van der Waals surface area contributed by atoms with Gasteiger partial charge in [-0.3, -0.25) is 4.79 Å². The molecule has 0 bridgehead atoms. The number of rotatable bonds is 20. The van der Waals surface area contributed by atoms with Crippen LogP contribution in [0.1, 0.15) is 0 Å². The highest BCUT2D eigenvalue weighted by atomic mass is 16.6. The van der Waals surface area contributed by atoms with Crippen LogP contribution in [0.15, 0.2) is 12.8 Å². The van der Waals surface area contributed by atoms with Crippen LogP contribution in [0.2, 0.25) is 0 Å². The maximum absolute atomic E-state index is 11.2. The molecule has 0 aromatic rings. The number of nitrogens with one attached hydrogen (secondary N) is 1. The predicted octanol–water partition coefficient (Wildman–Crippen LogP) is -0.570. The summed E-state index contributed by atoms with van der Waals surface area (Å²) in [7, 11) is 0. The van der Waals surface area contributed by atoms with Gasteiger partial charge in [-0.05, 0) is 0 Å². The lowest BCUT2D eigenvalue weighted by Crippen LogP contribution is -2.31. The van der Waals surface area contributed by atoms with Gasteiger partial charge >= 0.3 is 5.97 Å². The summed E-state index contributed by atoms with van der Waals surface area (Å²) in [6.07, 6.45) is 1.37. The molecule has 10 heteroatoms. The first kappa shape index (κ1) is 24.3. The number of carbonyl (C=O) groups is 2. The molecule has 0 aliphatic heterocycles. The van der Waals surface area contributed by atoms with Crippen molar-refractivity contribution in [3.8, 4) is 0 Å². The highest BCUT2D eigenvalue weighted by Crippen LogP contribution is 1.84. The molecule has 0 saturated carbocycles. The van der Waals surface area contributed by atoms with E-state index in [-0.39, 0.29) is 12.5 Å². The topological polar surface area (TPSA) is 122 Å². The molecule has 0 atom stereocenters. The smallest absolute Gasteiger partial charge is 0.329 e. The van der Waals surface area contributed by atoms with Crippen LogP contribution >= 0.6 is 0 Å². The minimum Gasteiger partial charge on any atom is -0.499 e. The van der Waals surface area contributed by atoms with Crippen molar-refractivity contribution in [2.75, 3.05) is 79.2 Å². The van der Waals surface area contributed by atoms with E-state index in [0.717, 1.165) is 0 Å². The normalized spacial score (nSPS) is 10.5. The van der Waals surface area contributed by atoms with Crippen molar-refractivity contribution >= 4 is 11.9 Å². The molecule has 26 heavy (non-hydrogen) atoms. The third-order valence-corrected chi connectivity index (χ3v) is 2.61. The number of ether oxygens (including phenoxy) is 6. The number of carbonyl (C=O) groups excluding carboxylic acids is 1. The van der Waals surface area contributed by atoms with Gasteiger partial charge in [0, 0.05) is 6.54 Å². The van der Waals surface area contributed by atoms with Gasteiger partial charge in [-0.1, -0.05) is 6.58 Å². The molecular formula is C16H29NO9. The summed E-state index contributed by atoms with van der Waals surface area (Å²) in [5.41, 5.74) is 0. The Morgan fingerprint density at radius 1 is 0.769 bits per heavy atom. The fourth-order valence-corrected chi connectivity index (χ4v) is 1.50. The first-order valence-electron chi connectivity index (χ1n) is 8.26. The zero-order valence-electron chi connectivity index (χ0n) is 15.0. The number of amides is 1. The molecule has 0 radical (unpaired) electrons. The van der Waals surface area contributed by atoms with Crippen molar-refractivity contribution in [3.05, 3.63) is 12.8 Å². The SMILES string of the molecule is C=COCCOCCOCCOCCOCCNC(=O)COCC(=O)O. The predicted molar refractivity (Wildman–Crippen MR) is 90.9 cm³/mol. The van der Waals surface area contributed by atoms with Gasteiger partial charge in [-0.25, -0.2) is 4.79 Å². The van der Waals surface area contributed by atoms with Gasteiger partial charge in [0.2, 0.25) is 5.91 Å². The lowest BCUT2D eigenvalue weighted by Gasteiger charge is -2.08. The second-order valence-corrected chi connectivity index (χ2v) is 4.72. The number of aliphatic carboxylic acids is 1. The van der Waals surface area contributed by atoms with E-state index in [1.54, 1.807) is 0 Å². The molecule has 0 saturated heterocycles. The van der Waals surface area contributed by atoms with E-state index in [0.29, 0.717) is 66.0 Å². The van der Waals surface area contributed by atoms with Crippen LogP contribution in [0.3, 0.4) is 0 Å². The van der Waals surface area contributed by atoms with Gasteiger partial charge < -0.3 is 38.8 Å². The zero-order chi connectivity index (χ0) is 19.3. The lowest BCUT2D eigenvalue weighted by molar-refractivity contribution is -0.143. The third-order valence-electron chi connectivity index (χ3n) is 2.61. The van der Waals surface area contributed by atoms with E-state index in [4.69, 9.17) is 28.8 Å². The molecule has 1 amide bonds. The fourth-order valence-electron chi connectivity index (χ4n) is 1.50. The van der Waals surface area contributed by atoms with Crippen molar-refractivity contribution in [2.45, 2.75) is 0 Å². The first-order chi connectivity index (χ1) is 12.7. The summed E-state index contributed by atoms with van der Waals surface area (Å²) in [6, 6.07) is 0.